The molecule has 2 aliphatic rings. The predicted octanol–water partition coefficient (Wildman–Crippen LogP) is 2.90. The van der Waals surface area contributed by atoms with Crippen molar-refractivity contribution in [3.8, 4) is 0 Å². The van der Waals surface area contributed by atoms with Crippen molar-refractivity contribution in [2.75, 3.05) is 13.1 Å². The number of rotatable bonds is 3. The van der Waals surface area contributed by atoms with Crippen LogP contribution in [0.3, 0.4) is 0 Å². The minimum Gasteiger partial charge on any atom is -0.331 e. The molecule has 1 aliphatic carbocycles. The van der Waals surface area contributed by atoms with Gasteiger partial charge in [-0.3, -0.25) is 9.36 Å². The summed E-state index contributed by atoms with van der Waals surface area (Å²) in [6.07, 6.45) is -1.43. The highest BCUT2D eigenvalue weighted by atomic mass is 19.4. The maximum absolute atomic E-state index is 13.0. The molecule has 1 aromatic carbocycles. The summed E-state index contributed by atoms with van der Waals surface area (Å²) in [5.74, 6) is -1.80. The molecule has 0 spiro atoms. The van der Waals surface area contributed by atoms with Gasteiger partial charge >= 0.3 is 6.18 Å². The van der Waals surface area contributed by atoms with E-state index in [4.69, 9.17) is 5.73 Å². The van der Waals surface area contributed by atoms with E-state index in [0.717, 1.165) is 30.3 Å². The van der Waals surface area contributed by atoms with Crippen LogP contribution in [0.4, 0.5) is 13.2 Å². The van der Waals surface area contributed by atoms with E-state index in [1.165, 1.54) is 11.1 Å². The topological polar surface area (TPSA) is 77.0 Å². The van der Waals surface area contributed by atoms with Gasteiger partial charge in [0.2, 0.25) is 11.6 Å². The first-order valence-electron chi connectivity index (χ1n) is 9.84. The van der Waals surface area contributed by atoms with E-state index in [2.05, 4.69) is 35.3 Å². The van der Waals surface area contributed by atoms with Crippen LogP contribution in [0.1, 0.15) is 53.3 Å². The van der Waals surface area contributed by atoms with Crippen molar-refractivity contribution in [2.24, 2.45) is 5.73 Å². The van der Waals surface area contributed by atoms with Gasteiger partial charge in [-0.15, -0.1) is 10.2 Å². The van der Waals surface area contributed by atoms with Crippen LogP contribution in [0.2, 0.25) is 0 Å². The largest absolute Gasteiger partial charge is 0.451 e. The van der Waals surface area contributed by atoms with Crippen LogP contribution in [0, 0.1) is 6.92 Å². The fourth-order valence-corrected chi connectivity index (χ4v) is 4.72. The van der Waals surface area contributed by atoms with Gasteiger partial charge in [-0.2, -0.15) is 13.2 Å². The van der Waals surface area contributed by atoms with Crippen LogP contribution in [0.15, 0.2) is 24.3 Å². The lowest BCUT2D eigenvalue weighted by atomic mass is 9.67. The van der Waals surface area contributed by atoms with E-state index in [-0.39, 0.29) is 30.4 Å². The van der Waals surface area contributed by atoms with Gasteiger partial charge in [0.25, 0.3) is 5.91 Å². The first-order chi connectivity index (χ1) is 13.7. The van der Waals surface area contributed by atoms with Crippen molar-refractivity contribution in [2.45, 2.75) is 56.8 Å². The summed E-state index contributed by atoms with van der Waals surface area (Å²) in [5, 5.41) is 6.74. The van der Waals surface area contributed by atoms with Crippen LogP contribution >= 0.6 is 0 Å². The van der Waals surface area contributed by atoms with E-state index < -0.39 is 17.9 Å². The zero-order valence-corrected chi connectivity index (χ0v) is 16.2. The van der Waals surface area contributed by atoms with Crippen LogP contribution in [0.25, 0.3) is 0 Å². The molecule has 2 N–H and O–H groups in total. The van der Waals surface area contributed by atoms with Crippen LogP contribution in [0.5, 0.6) is 0 Å². The lowest BCUT2D eigenvalue weighted by Gasteiger charge is -2.44. The van der Waals surface area contributed by atoms with Crippen molar-refractivity contribution in [1.29, 1.82) is 0 Å². The second-order valence-corrected chi connectivity index (χ2v) is 8.08. The van der Waals surface area contributed by atoms with Gasteiger partial charge in [0.15, 0.2) is 0 Å². The normalized spacial score (nSPS) is 25.2. The molecular formula is C20H24F3N5O. The monoisotopic (exact) mass is 407 g/mol. The molecule has 0 saturated heterocycles. The van der Waals surface area contributed by atoms with E-state index >= 15 is 0 Å². The van der Waals surface area contributed by atoms with Gasteiger partial charge in [0.05, 0.1) is 0 Å². The molecule has 29 heavy (non-hydrogen) atoms. The van der Waals surface area contributed by atoms with E-state index in [0.29, 0.717) is 6.54 Å². The number of halogens is 3. The van der Waals surface area contributed by atoms with Crippen molar-refractivity contribution >= 4 is 5.91 Å². The molecule has 9 heteroatoms. The van der Waals surface area contributed by atoms with E-state index in [9.17, 15) is 18.0 Å². The van der Waals surface area contributed by atoms with Gasteiger partial charge in [0.1, 0.15) is 0 Å². The number of amides is 1. The van der Waals surface area contributed by atoms with E-state index in [1.54, 1.807) is 4.90 Å². The highest BCUT2D eigenvalue weighted by Gasteiger charge is 2.44. The third kappa shape index (κ3) is 3.41. The Morgan fingerprint density at radius 3 is 2.55 bits per heavy atom. The number of hydrogen-bond acceptors (Lipinski definition) is 4. The lowest BCUT2D eigenvalue weighted by Crippen LogP contribution is -2.51. The second-order valence-electron chi connectivity index (χ2n) is 8.08. The van der Waals surface area contributed by atoms with Gasteiger partial charge < -0.3 is 10.6 Å². The highest BCUT2D eigenvalue weighted by Crippen LogP contribution is 2.41. The number of fused-ring (bicyclic) bond motifs is 1. The molecule has 1 fully saturated rings. The first kappa shape index (κ1) is 19.9. The van der Waals surface area contributed by atoms with Crippen LogP contribution < -0.4 is 5.73 Å². The maximum Gasteiger partial charge on any atom is 0.451 e. The smallest absolute Gasteiger partial charge is 0.331 e. The second kappa shape index (κ2) is 7.12. The van der Waals surface area contributed by atoms with E-state index in [1.807, 2.05) is 6.07 Å². The zero-order valence-electron chi connectivity index (χ0n) is 16.2. The average molecular weight is 407 g/mol. The Morgan fingerprint density at radius 2 is 1.93 bits per heavy atom. The van der Waals surface area contributed by atoms with Gasteiger partial charge in [0, 0.05) is 31.1 Å². The fourth-order valence-electron chi connectivity index (χ4n) is 4.72. The van der Waals surface area contributed by atoms with Gasteiger partial charge in [-0.25, -0.2) is 0 Å². The standard InChI is InChI=1S/C20H24F3N5O/c1-13-3-2-4-14(11-13)19(12-24)7-5-15(6-8-19)27-9-10-28-16(17(27)29)25-26-18(28)20(21,22)23/h2-4,11,15H,5-10,12,24H2,1H3/t15-,19+. The fraction of sp³-hybridized carbons (Fsp3) is 0.550. The Balaban J connectivity index is 1.51. The molecule has 1 aliphatic heterocycles. The molecule has 1 aromatic heterocycles. The molecule has 0 radical (unpaired) electrons. The molecule has 6 nitrogen and oxygen atoms in total. The highest BCUT2D eigenvalue weighted by molar-refractivity contribution is 5.91. The quantitative estimate of drug-likeness (QED) is 0.849. The Kier molecular flexibility index (Phi) is 4.88. The minimum atomic E-state index is -4.62. The van der Waals surface area contributed by atoms with Crippen molar-refractivity contribution < 1.29 is 18.0 Å². The predicted molar refractivity (Wildman–Crippen MR) is 100 cm³/mol. The van der Waals surface area contributed by atoms with Gasteiger partial charge in [-0.1, -0.05) is 29.8 Å². The van der Waals surface area contributed by atoms with Crippen LogP contribution in [-0.2, 0) is 18.1 Å². The molecule has 2 heterocycles. The third-order valence-corrected chi connectivity index (χ3v) is 6.40. The van der Waals surface area contributed by atoms with Crippen molar-refractivity contribution in [3.05, 3.63) is 47.0 Å². The third-order valence-electron chi connectivity index (χ3n) is 6.40. The Morgan fingerprint density at radius 1 is 1.21 bits per heavy atom. The average Bonchev–Trinajstić information content (AvgIpc) is 3.14. The summed E-state index contributed by atoms with van der Waals surface area (Å²) in [4.78, 5) is 14.5. The molecule has 0 bridgehead atoms. The number of carbonyl (C=O) groups is 1. The summed E-state index contributed by atoms with van der Waals surface area (Å²) in [5.41, 5.74) is 8.45. The zero-order chi connectivity index (χ0) is 20.8. The lowest BCUT2D eigenvalue weighted by molar-refractivity contribution is -0.147. The minimum absolute atomic E-state index is 0.0215. The number of benzene rings is 1. The number of aromatic nitrogens is 3. The number of nitrogens with zero attached hydrogens (tertiary/aromatic N) is 4. The SMILES string of the molecule is Cc1cccc([C@]2(CN)CC[C@H](N3CCn4c(nnc4C(F)(F)F)C3=O)CC2)c1. The summed E-state index contributed by atoms with van der Waals surface area (Å²) in [6, 6.07) is 8.34. The molecule has 0 atom stereocenters. The Bertz CT molecular complexity index is 915. The van der Waals surface area contributed by atoms with Crippen molar-refractivity contribution in [1.82, 2.24) is 19.7 Å². The first-order valence-corrected chi connectivity index (χ1v) is 9.84. The summed E-state index contributed by atoms with van der Waals surface area (Å²) < 4.78 is 40.0. The summed E-state index contributed by atoms with van der Waals surface area (Å²) in [7, 11) is 0. The molecule has 1 saturated carbocycles. The van der Waals surface area contributed by atoms with Crippen molar-refractivity contribution in [3.63, 3.8) is 0 Å². The number of alkyl halides is 3. The molecule has 4 rings (SSSR count). The Labute approximate surface area is 166 Å². The molecule has 156 valence electrons. The van der Waals surface area contributed by atoms with Gasteiger partial charge in [-0.05, 0) is 38.2 Å². The van der Waals surface area contributed by atoms with Crippen LogP contribution in [-0.4, -0.2) is 44.7 Å². The number of hydrogen-bond donors (Lipinski definition) is 1. The number of carbonyl (C=O) groups excluding carboxylic acids is 1. The molecule has 0 unspecified atom stereocenters. The number of nitrogens with two attached hydrogens (primary N) is 1. The summed E-state index contributed by atoms with van der Waals surface area (Å²) in [6.45, 7) is 2.87. The number of aryl methyl sites for hydroxylation is 1. The maximum atomic E-state index is 13.0. The molecular weight excluding hydrogens is 383 g/mol. The molecule has 2 aromatic rings. The Hall–Kier alpha value is -2.42. The molecule has 1 amide bonds. The summed E-state index contributed by atoms with van der Waals surface area (Å²) >= 11 is 0.